The lowest BCUT2D eigenvalue weighted by molar-refractivity contribution is -0.137. The Balaban J connectivity index is 0.000000690. The first-order chi connectivity index (χ1) is 9.64. The van der Waals surface area contributed by atoms with Crippen LogP contribution in [-0.2, 0) is 20.8 Å². The number of rotatable bonds is 2. The molecule has 21 heavy (non-hydrogen) atoms. The van der Waals surface area contributed by atoms with Crippen molar-refractivity contribution in [2.45, 2.75) is 39.8 Å². The second-order valence-corrected chi connectivity index (χ2v) is 6.10. The van der Waals surface area contributed by atoms with Crippen LogP contribution in [0.2, 0.25) is 0 Å². The topological polar surface area (TPSA) is 64.6 Å². The maximum atomic E-state index is 11.4. The van der Waals surface area contributed by atoms with Gasteiger partial charge in [0.05, 0.1) is 7.11 Å². The van der Waals surface area contributed by atoms with Crippen LogP contribution in [-0.4, -0.2) is 24.8 Å². The molecule has 1 aromatic carbocycles. The molecule has 5 nitrogen and oxygen atoms in total. The molecule has 0 radical (unpaired) electrons. The highest BCUT2D eigenvalue weighted by atomic mass is 79.9. The lowest BCUT2D eigenvalue weighted by atomic mass is 10.2. The zero-order chi connectivity index (χ0) is 16.5. The summed E-state index contributed by atoms with van der Waals surface area (Å²) in [5, 5.41) is 2.70. The maximum Gasteiger partial charge on any atom is 0.407 e. The minimum absolute atomic E-state index is 0.245. The smallest absolute Gasteiger partial charge is 0.407 e. The first kappa shape index (κ1) is 19.4. The van der Waals surface area contributed by atoms with Crippen molar-refractivity contribution in [2.75, 3.05) is 7.11 Å². The summed E-state index contributed by atoms with van der Waals surface area (Å²) in [7, 11) is 1.35. The fourth-order valence-corrected chi connectivity index (χ4v) is 1.58. The van der Waals surface area contributed by atoms with Gasteiger partial charge in [0.1, 0.15) is 5.60 Å². The fraction of sp³-hybridized carbons (Fsp3) is 0.467. The number of benzene rings is 1. The molecule has 0 atom stereocenters. The number of ether oxygens (including phenoxy) is 2. The van der Waals surface area contributed by atoms with Gasteiger partial charge < -0.3 is 14.8 Å². The molecule has 0 aliphatic heterocycles. The van der Waals surface area contributed by atoms with E-state index in [-0.39, 0.29) is 5.97 Å². The molecule has 0 aliphatic carbocycles. The van der Waals surface area contributed by atoms with Gasteiger partial charge in [-0.05, 0) is 38.5 Å². The largest absolute Gasteiger partial charge is 0.469 e. The van der Waals surface area contributed by atoms with Crippen LogP contribution in [0.15, 0.2) is 28.7 Å². The first-order valence-electron chi connectivity index (χ1n) is 6.40. The molecule has 0 fully saturated rings. The number of hydrogen-bond acceptors (Lipinski definition) is 4. The Morgan fingerprint density at radius 1 is 1.29 bits per heavy atom. The van der Waals surface area contributed by atoms with Crippen molar-refractivity contribution in [2.24, 2.45) is 0 Å². The summed E-state index contributed by atoms with van der Waals surface area (Å²) in [5.74, 6) is -0.245. The van der Waals surface area contributed by atoms with Crippen molar-refractivity contribution >= 4 is 28.0 Å². The predicted octanol–water partition coefficient (Wildman–Crippen LogP) is 3.65. The Kier molecular flexibility index (Phi) is 8.69. The van der Waals surface area contributed by atoms with Crippen LogP contribution < -0.4 is 5.32 Å². The molecule has 1 N–H and O–H groups in total. The Hall–Kier alpha value is -1.56. The molecular formula is C15H22BrNO4. The summed E-state index contributed by atoms with van der Waals surface area (Å²) < 4.78 is 10.2. The fourth-order valence-electron chi connectivity index (χ4n) is 1.14. The quantitative estimate of drug-likeness (QED) is 0.818. The molecular weight excluding hydrogens is 338 g/mol. The third-order valence-electron chi connectivity index (χ3n) is 2.01. The van der Waals surface area contributed by atoms with Crippen LogP contribution in [0.5, 0.6) is 0 Å². The zero-order valence-electron chi connectivity index (χ0n) is 13.0. The number of nitrogens with one attached hydrogen (secondary N) is 1. The predicted molar refractivity (Wildman–Crippen MR) is 84.9 cm³/mol. The Morgan fingerprint density at radius 2 is 1.86 bits per heavy atom. The van der Waals surface area contributed by atoms with Crippen molar-refractivity contribution in [1.29, 1.82) is 0 Å². The van der Waals surface area contributed by atoms with E-state index in [2.05, 4.69) is 26.0 Å². The minimum atomic E-state index is -0.457. The maximum absolute atomic E-state index is 11.4. The summed E-state index contributed by atoms with van der Waals surface area (Å²) in [5.41, 5.74) is 0.571. The van der Waals surface area contributed by atoms with Gasteiger partial charge >= 0.3 is 12.1 Å². The zero-order valence-corrected chi connectivity index (χ0v) is 14.6. The van der Waals surface area contributed by atoms with Crippen LogP contribution >= 0.6 is 15.9 Å². The van der Waals surface area contributed by atoms with E-state index >= 15 is 0 Å². The molecule has 0 heterocycles. The summed E-state index contributed by atoms with van der Waals surface area (Å²) >= 11 is 3.37. The van der Waals surface area contributed by atoms with Gasteiger partial charge in [-0.3, -0.25) is 4.79 Å². The van der Waals surface area contributed by atoms with Gasteiger partial charge in [-0.15, -0.1) is 0 Å². The van der Waals surface area contributed by atoms with Gasteiger partial charge in [-0.25, -0.2) is 4.79 Å². The Morgan fingerprint density at radius 3 is 2.29 bits per heavy atom. The number of methoxy groups -OCH3 is 1. The normalized spacial score (nSPS) is 10.0. The van der Waals surface area contributed by atoms with Crippen molar-refractivity contribution in [1.82, 2.24) is 5.32 Å². The SMILES string of the molecule is CC(C)(C)OC(=O)NCc1cccc(Br)c1.COC(C)=O. The number of carbonyl (C=O) groups is 2. The van der Waals surface area contributed by atoms with Crippen LogP contribution in [0.3, 0.4) is 0 Å². The highest BCUT2D eigenvalue weighted by Gasteiger charge is 2.15. The molecule has 0 bridgehead atoms. The van der Waals surface area contributed by atoms with E-state index in [4.69, 9.17) is 4.74 Å². The van der Waals surface area contributed by atoms with Crippen LogP contribution in [0.1, 0.15) is 33.3 Å². The highest BCUT2D eigenvalue weighted by molar-refractivity contribution is 9.10. The lowest BCUT2D eigenvalue weighted by Crippen LogP contribution is -2.32. The molecule has 0 aromatic heterocycles. The number of carbonyl (C=O) groups excluding carboxylic acids is 2. The average molecular weight is 360 g/mol. The molecule has 0 aliphatic rings. The average Bonchev–Trinajstić information content (AvgIpc) is 2.35. The van der Waals surface area contributed by atoms with Gasteiger partial charge in [0.15, 0.2) is 0 Å². The molecule has 1 amide bonds. The summed E-state index contributed by atoms with van der Waals surface area (Å²) in [6, 6.07) is 7.77. The highest BCUT2D eigenvalue weighted by Crippen LogP contribution is 2.12. The van der Waals surface area contributed by atoms with E-state index in [1.165, 1.54) is 14.0 Å². The second kappa shape index (κ2) is 9.39. The molecule has 0 saturated carbocycles. The molecule has 118 valence electrons. The molecule has 1 rings (SSSR count). The van der Waals surface area contributed by atoms with Crippen molar-refractivity contribution < 1.29 is 19.1 Å². The summed E-state index contributed by atoms with van der Waals surface area (Å²) in [6.45, 7) is 7.34. The third kappa shape index (κ3) is 11.9. The van der Waals surface area contributed by atoms with Crippen molar-refractivity contribution in [3.63, 3.8) is 0 Å². The van der Waals surface area contributed by atoms with E-state index < -0.39 is 11.7 Å². The summed E-state index contributed by atoms with van der Waals surface area (Å²) in [6.07, 6.45) is -0.396. The van der Waals surface area contributed by atoms with E-state index in [0.717, 1.165) is 10.0 Å². The van der Waals surface area contributed by atoms with Gasteiger partial charge in [0.25, 0.3) is 0 Å². The molecule has 1 aromatic rings. The number of halogens is 1. The van der Waals surface area contributed by atoms with Gasteiger partial charge in [0.2, 0.25) is 0 Å². The molecule has 6 heteroatoms. The Bertz CT molecular complexity index is 469. The summed E-state index contributed by atoms with van der Waals surface area (Å²) in [4.78, 5) is 21.0. The second-order valence-electron chi connectivity index (χ2n) is 5.18. The van der Waals surface area contributed by atoms with Crippen molar-refractivity contribution in [3.8, 4) is 0 Å². The van der Waals surface area contributed by atoms with Gasteiger partial charge in [-0.1, -0.05) is 28.1 Å². The number of alkyl carbamates (subject to hydrolysis) is 1. The third-order valence-corrected chi connectivity index (χ3v) is 2.51. The number of amides is 1. The van der Waals surface area contributed by atoms with Gasteiger partial charge in [0, 0.05) is 17.9 Å². The van der Waals surface area contributed by atoms with Crippen LogP contribution in [0, 0.1) is 0 Å². The van der Waals surface area contributed by atoms with Gasteiger partial charge in [-0.2, -0.15) is 0 Å². The Labute approximate surface area is 134 Å². The molecule has 0 saturated heterocycles. The lowest BCUT2D eigenvalue weighted by Gasteiger charge is -2.19. The first-order valence-corrected chi connectivity index (χ1v) is 7.19. The van der Waals surface area contributed by atoms with E-state index in [0.29, 0.717) is 6.54 Å². The van der Waals surface area contributed by atoms with Crippen LogP contribution in [0.25, 0.3) is 0 Å². The minimum Gasteiger partial charge on any atom is -0.469 e. The van der Waals surface area contributed by atoms with E-state index in [1.54, 1.807) is 0 Å². The number of esters is 1. The monoisotopic (exact) mass is 359 g/mol. The standard InChI is InChI=1S/C12H16BrNO2.C3H6O2/c1-12(2,3)16-11(15)14-8-9-5-4-6-10(13)7-9;1-3(4)5-2/h4-7H,8H2,1-3H3,(H,14,15);1-2H3. The number of hydrogen-bond donors (Lipinski definition) is 1. The van der Waals surface area contributed by atoms with Crippen molar-refractivity contribution in [3.05, 3.63) is 34.3 Å². The molecule has 0 unspecified atom stereocenters. The van der Waals surface area contributed by atoms with E-state index in [9.17, 15) is 9.59 Å². The molecule has 0 spiro atoms. The van der Waals surface area contributed by atoms with Crippen LogP contribution in [0.4, 0.5) is 4.79 Å². The van der Waals surface area contributed by atoms with E-state index in [1.807, 2.05) is 45.0 Å².